The third-order valence-electron chi connectivity index (χ3n) is 2.27. The molecule has 0 bridgehead atoms. The molecule has 1 nitrogen and oxygen atoms in total. The minimum atomic E-state index is -0.844. The van der Waals surface area contributed by atoms with Crippen molar-refractivity contribution in [3.8, 4) is 0 Å². The van der Waals surface area contributed by atoms with E-state index in [9.17, 15) is 8.78 Å². The molecule has 0 spiro atoms. The average Bonchev–Trinajstić information content (AvgIpc) is 2.13. The van der Waals surface area contributed by atoms with Gasteiger partial charge in [0.15, 0.2) is 11.6 Å². The van der Waals surface area contributed by atoms with Crippen LogP contribution < -0.4 is 5.73 Å². The number of hydrogen-bond acceptors (Lipinski definition) is 1. The maximum Gasteiger partial charge on any atom is 0.163 e. The molecular formula is C12H16ClF2N. The fourth-order valence-electron chi connectivity index (χ4n) is 1.43. The SMILES string of the molecule is C=C(C)C[C@@H](N)c1ccc(C)c(F)c1F.Cl. The molecule has 90 valence electrons. The maximum absolute atomic E-state index is 13.5. The Morgan fingerprint density at radius 1 is 1.38 bits per heavy atom. The Morgan fingerprint density at radius 3 is 2.44 bits per heavy atom. The van der Waals surface area contributed by atoms with Gasteiger partial charge in [0.25, 0.3) is 0 Å². The topological polar surface area (TPSA) is 26.0 Å². The van der Waals surface area contributed by atoms with Crippen LogP contribution >= 0.6 is 12.4 Å². The Morgan fingerprint density at radius 2 is 1.94 bits per heavy atom. The summed E-state index contributed by atoms with van der Waals surface area (Å²) >= 11 is 0. The van der Waals surface area contributed by atoms with Crippen LogP contribution in [0, 0.1) is 18.6 Å². The monoisotopic (exact) mass is 247 g/mol. The Bertz CT molecular complexity index is 391. The van der Waals surface area contributed by atoms with E-state index in [1.54, 1.807) is 0 Å². The third-order valence-corrected chi connectivity index (χ3v) is 2.27. The van der Waals surface area contributed by atoms with Gasteiger partial charge in [-0.2, -0.15) is 0 Å². The van der Waals surface area contributed by atoms with Crippen molar-refractivity contribution in [2.75, 3.05) is 0 Å². The van der Waals surface area contributed by atoms with Crippen molar-refractivity contribution in [2.24, 2.45) is 5.73 Å². The van der Waals surface area contributed by atoms with Crippen molar-refractivity contribution < 1.29 is 8.78 Å². The largest absolute Gasteiger partial charge is 0.324 e. The van der Waals surface area contributed by atoms with Gasteiger partial charge in [0.05, 0.1) is 0 Å². The zero-order chi connectivity index (χ0) is 11.6. The van der Waals surface area contributed by atoms with E-state index in [2.05, 4.69) is 6.58 Å². The smallest absolute Gasteiger partial charge is 0.163 e. The Balaban J connectivity index is 0.00000225. The second-order valence-electron chi connectivity index (χ2n) is 3.87. The summed E-state index contributed by atoms with van der Waals surface area (Å²) in [5, 5.41) is 0. The predicted octanol–water partition coefficient (Wildman–Crippen LogP) is 3.66. The summed E-state index contributed by atoms with van der Waals surface area (Å²) in [6, 6.07) is 2.53. The first-order valence-electron chi connectivity index (χ1n) is 4.78. The Hall–Kier alpha value is -0.930. The normalized spacial score (nSPS) is 11.8. The van der Waals surface area contributed by atoms with E-state index < -0.39 is 17.7 Å². The van der Waals surface area contributed by atoms with E-state index in [0.717, 1.165) is 5.57 Å². The fourth-order valence-corrected chi connectivity index (χ4v) is 1.43. The van der Waals surface area contributed by atoms with Gasteiger partial charge in [0, 0.05) is 11.6 Å². The lowest BCUT2D eigenvalue weighted by Gasteiger charge is -2.13. The van der Waals surface area contributed by atoms with Crippen molar-refractivity contribution in [3.05, 3.63) is 47.0 Å². The zero-order valence-electron chi connectivity index (χ0n) is 9.39. The van der Waals surface area contributed by atoms with E-state index in [4.69, 9.17) is 5.73 Å². The van der Waals surface area contributed by atoms with Gasteiger partial charge in [0.1, 0.15) is 0 Å². The van der Waals surface area contributed by atoms with Gasteiger partial charge in [0.2, 0.25) is 0 Å². The Labute approximate surface area is 101 Å². The molecular weight excluding hydrogens is 232 g/mol. The Kier molecular flexibility index (Phi) is 5.62. The molecule has 1 aromatic carbocycles. The van der Waals surface area contributed by atoms with E-state index in [-0.39, 0.29) is 18.0 Å². The minimum absolute atomic E-state index is 0. The molecule has 0 aliphatic heterocycles. The molecule has 0 unspecified atom stereocenters. The van der Waals surface area contributed by atoms with Gasteiger partial charge < -0.3 is 5.73 Å². The molecule has 0 aromatic heterocycles. The first kappa shape index (κ1) is 15.1. The highest BCUT2D eigenvalue weighted by Crippen LogP contribution is 2.23. The number of hydrogen-bond donors (Lipinski definition) is 1. The minimum Gasteiger partial charge on any atom is -0.324 e. The van der Waals surface area contributed by atoms with Crippen molar-refractivity contribution >= 4 is 12.4 Å². The van der Waals surface area contributed by atoms with Crippen molar-refractivity contribution in [1.29, 1.82) is 0 Å². The molecule has 1 rings (SSSR count). The van der Waals surface area contributed by atoms with Gasteiger partial charge in [-0.3, -0.25) is 0 Å². The van der Waals surface area contributed by atoms with E-state index in [1.165, 1.54) is 19.1 Å². The maximum atomic E-state index is 13.5. The molecule has 16 heavy (non-hydrogen) atoms. The number of halogens is 3. The van der Waals surface area contributed by atoms with Crippen LogP contribution in [-0.4, -0.2) is 0 Å². The molecule has 2 N–H and O–H groups in total. The van der Waals surface area contributed by atoms with E-state index in [1.807, 2.05) is 6.92 Å². The molecule has 1 aromatic rings. The lowest BCUT2D eigenvalue weighted by atomic mass is 9.99. The van der Waals surface area contributed by atoms with Crippen LogP contribution in [-0.2, 0) is 0 Å². The van der Waals surface area contributed by atoms with E-state index in [0.29, 0.717) is 12.0 Å². The van der Waals surface area contributed by atoms with Gasteiger partial charge in [-0.15, -0.1) is 19.0 Å². The summed E-state index contributed by atoms with van der Waals surface area (Å²) in [5.41, 5.74) is 7.10. The lowest BCUT2D eigenvalue weighted by molar-refractivity contribution is 0.483. The summed E-state index contributed by atoms with van der Waals surface area (Å²) in [5.74, 6) is -1.66. The second kappa shape index (κ2) is 5.97. The first-order chi connectivity index (χ1) is 6.93. The molecule has 4 heteroatoms. The van der Waals surface area contributed by atoms with Gasteiger partial charge in [-0.1, -0.05) is 17.7 Å². The summed E-state index contributed by atoms with van der Waals surface area (Å²) in [6.45, 7) is 7.02. The molecule has 0 amide bonds. The number of aryl methyl sites for hydroxylation is 1. The molecule has 0 saturated carbocycles. The highest BCUT2D eigenvalue weighted by Gasteiger charge is 2.16. The predicted molar refractivity (Wildman–Crippen MR) is 64.7 cm³/mol. The molecule has 0 aliphatic carbocycles. The number of rotatable bonds is 3. The fraction of sp³-hybridized carbons (Fsp3) is 0.333. The van der Waals surface area contributed by atoms with Gasteiger partial charge in [-0.25, -0.2) is 8.78 Å². The van der Waals surface area contributed by atoms with Crippen LogP contribution in [0.5, 0.6) is 0 Å². The molecule has 0 radical (unpaired) electrons. The van der Waals surface area contributed by atoms with E-state index >= 15 is 0 Å². The molecule has 1 atom stereocenters. The van der Waals surface area contributed by atoms with Crippen molar-refractivity contribution in [3.63, 3.8) is 0 Å². The lowest BCUT2D eigenvalue weighted by Crippen LogP contribution is -2.13. The second-order valence-corrected chi connectivity index (χ2v) is 3.87. The van der Waals surface area contributed by atoms with Crippen LogP contribution in [0.1, 0.15) is 30.5 Å². The van der Waals surface area contributed by atoms with Crippen molar-refractivity contribution in [2.45, 2.75) is 26.3 Å². The summed E-state index contributed by atoms with van der Waals surface area (Å²) in [7, 11) is 0. The third kappa shape index (κ3) is 3.29. The number of nitrogens with two attached hydrogens (primary N) is 1. The summed E-state index contributed by atoms with van der Waals surface area (Å²) in [6.07, 6.45) is 0.458. The molecule has 0 fully saturated rings. The quantitative estimate of drug-likeness (QED) is 0.811. The van der Waals surface area contributed by atoms with Crippen molar-refractivity contribution in [1.82, 2.24) is 0 Å². The highest BCUT2D eigenvalue weighted by molar-refractivity contribution is 5.85. The molecule has 0 aliphatic rings. The summed E-state index contributed by atoms with van der Waals surface area (Å²) < 4.78 is 26.7. The van der Waals surface area contributed by atoms with Crippen LogP contribution in [0.15, 0.2) is 24.3 Å². The summed E-state index contributed by atoms with van der Waals surface area (Å²) in [4.78, 5) is 0. The van der Waals surface area contributed by atoms with Crippen LogP contribution in [0.25, 0.3) is 0 Å². The molecule has 0 heterocycles. The van der Waals surface area contributed by atoms with Gasteiger partial charge >= 0.3 is 0 Å². The molecule has 0 saturated heterocycles. The first-order valence-corrected chi connectivity index (χ1v) is 4.78. The van der Waals surface area contributed by atoms with Crippen LogP contribution in [0.4, 0.5) is 8.78 Å². The highest BCUT2D eigenvalue weighted by atomic mass is 35.5. The number of benzene rings is 1. The van der Waals surface area contributed by atoms with Crippen LogP contribution in [0.3, 0.4) is 0 Å². The van der Waals surface area contributed by atoms with Gasteiger partial charge in [-0.05, 0) is 25.8 Å². The standard InChI is InChI=1S/C12H15F2N.ClH/c1-7(2)6-10(15)9-5-4-8(3)11(13)12(9)14;/h4-5,10H,1,6,15H2,2-3H3;1H/t10-;/m1./s1. The zero-order valence-corrected chi connectivity index (χ0v) is 10.2. The van der Waals surface area contributed by atoms with Crippen LogP contribution in [0.2, 0.25) is 0 Å². The average molecular weight is 248 g/mol.